The largest absolute Gasteiger partial charge is 0.356 e. The summed E-state index contributed by atoms with van der Waals surface area (Å²) < 4.78 is 35.4. The van der Waals surface area contributed by atoms with E-state index in [0.29, 0.717) is 17.7 Å². The molecule has 3 atom stereocenters. The quantitative estimate of drug-likeness (QED) is 0.121. The number of aromatic amines is 1. The van der Waals surface area contributed by atoms with Gasteiger partial charge in [-0.3, -0.25) is 14.3 Å². The smallest absolute Gasteiger partial charge is 0.328 e. The molecule has 0 spiro atoms. The lowest BCUT2D eigenvalue weighted by Gasteiger charge is -2.36. The monoisotopic (exact) mass is 556 g/mol. The van der Waals surface area contributed by atoms with Gasteiger partial charge in [0.05, 0.1) is 12.6 Å². The van der Waals surface area contributed by atoms with Gasteiger partial charge in [0, 0.05) is 18.4 Å². The van der Waals surface area contributed by atoms with Crippen molar-refractivity contribution in [1.29, 1.82) is 0 Å². The number of H-pyrrole nitrogens is 1. The second-order valence-electron chi connectivity index (χ2n) is 9.92. The topological polar surface area (TPSA) is 82.6 Å². The summed E-state index contributed by atoms with van der Waals surface area (Å²) in [6, 6.07) is 28.7. The molecule has 0 aliphatic heterocycles. The predicted molar refractivity (Wildman–Crippen MR) is 155 cm³/mol. The fourth-order valence-electron chi connectivity index (χ4n) is 5.33. The highest BCUT2D eigenvalue weighted by Crippen LogP contribution is 2.42. The number of nitrogens with one attached hydrogen (secondary N) is 1. The molecule has 1 aliphatic carbocycles. The summed E-state index contributed by atoms with van der Waals surface area (Å²) in [4.78, 5) is 26.9. The Morgan fingerprint density at radius 2 is 1.41 bits per heavy atom. The van der Waals surface area contributed by atoms with Crippen LogP contribution in [0, 0.1) is 6.92 Å². The molecule has 1 N–H and O–H groups in total. The second kappa shape index (κ2) is 12.6. The number of alkyl halides is 1. The molecule has 3 aromatic carbocycles. The number of aromatic nitrogens is 2. The highest BCUT2D eigenvalue weighted by Gasteiger charge is 2.43. The first-order chi connectivity index (χ1) is 20.0. The standard InChI is InChI=1S/C33H33FN2O5/c1-3-39-22-40-30-24(19-28(29(30)34)36-20-23(2)31(37)35-32(36)38)21-41-33(25-13-7-4-8-14-25,26-15-9-5-10-16-26)27-17-11-6-12-18-27/h4-20,28-30H,3,21-22H2,1-2H3,(H,35,37,38)/t28-,29?,30+/m1/s1. The first-order valence-corrected chi connectivity index (χ1v) is 13.6. The van der Waals surface area contributed by atoms with Crippen molar-refractivity contribution >= 4 is 0 Å². The van der Waals surface area contributed by atoms with Crippen molar-refractivity contribution in [3.8, 4) is 0 Å². The summed E-state index contributed by atoms with van der Waals surface area (Å²) in [5.74, 6) is 0. The summed E-state index contributed by atoms with van der Waals surface area (Å²) in [5.41, 5.74) is 1.33. The number of allylic oxidation sites excluding steroid dienone is 1. The van der Waals surface area contributed by atoms with E-state index in [-0.39, 0.29) is 13.4 Å². The fourth-order valence-corrected chi connectivity index (χ4v) is 5.33. The van der Waals surface area contributed by atoms with E-state index in [9.17, 15) is 9.59 Å². The van der Waals surface area contributed by atoms with Crippen molar-refractivity contribution in [3.63, 3.8) is 0 Å². The molecule has 8 heteroatoms. The molecular weight excluding hydrogens is 523 g/mol. The number of hydrogen-bond donors (Lipinski definition) is 1. The lowest BCUT2D eigenvalue weighted by Crippen LogP contribution is -2.38. The van der Waals surface area contributed by atoms with Crippen LogP contribution in [0.15, 0.2) is 118 Å². The molecule has 1 unspecified atom stereocenters. The third kappa shape index (κ3) is 5.72. The maximum absolute atomic E-state index is 16.1. The van der Waals surface area contributed by atoms with E-state index in [4.69, 9.17) is 14.2 Å². The molecule has 0 saturated heterocycles. The van der Waals surface area contributed by atoms with E-state index in [1.165, 1.54) is 10.8 Å². The van der Waals surface area contributed by atoms with Crippen LogP contribution in [0.3, 0.4) is 0 Å². The second-order valence-corrected chi connectivity index (χ2v) is 9.92. The number of nitrogens with zero attached hydrogens (tertiary/aromatic N) is 1. The molecule has 0 bridgehead atoms. The Labute approximate surface area is 237 Å². The van der Waals surface area contributed by atoms with Crippen LogP contribution in [-0.2, 0) is 19.8 Å². The zero-order valence-electron chi connectivity index (χ0n) is 23.0. The minimum Gasteiger partial charge on any atom is -0.356 e. The fraction of sp³-hybridized carbons (Fsp3) is 0.273. The third-order valence-electron chi connectivity index (χ3n) is 7.36. The lowest BCUT2D eigenvalue weighted by molar-refractivity contribution is -0.0994. The van der Waals surface area contributed by atoms with Crippen LogP contribution in [0.5, 0.6) is 0 Å². The predicted octanol–water partition coefficient (Wildman–Crippen LogP) is 5.05. The van der Waals surface area contributed by atoms with Crippen molar-refractivity contribution in [2.24, 2.45) is 0 Å². The highest BCUT2D eigenvalue weighted by molar-refractivity contribution is 5.47. The summed E-state index contributed by atoms with van der Waals surface area (Å²) in [5, 5.41) is 0. The zero-order chi connectivity index (χ0) is 28.8. The molecule has 1 aliphatic rings. The first kappa shape index (κ1) is 28.4. The maximum Gasteiger partial charge on any atom is 0.328 e. The average molecular weight is 557 g/mol. The molecule has 0 fully saturated rings. The molecule has 1 aromatic heterocycles. The summed E-state index contributed by atoms with van der Waals surface area (Å²) in [6.45, 7) is 3.68. The Morgan fingerprint density at radius 3 is 1.93 bits per heavy atom. The van der Waals surface area contributed by atoms with Gasteiger partial charge in [0.15, 0.2) is 6.17 Å². The zero-order valence-corrected chi connectivity index (χ0v) is 23.0. The number of benzene rings is 3. The van der Waals surface area contributed by atoms with Crippen molar-refractivity contribution < 1.29 is 18.6 Å². The number of aryl methyl sites for hydroxylation is 1. The van der Waals surface area contributed by atoms with Crippen LogP contribution in [-0.4, -0.2) is 41.8 Å². The van der Waals surface area contributed by atoms with Crippen LogP contribution in [0.2, 0.25) is 0 Å². The van der Waals surface area contributed by atoms with Gasteiger partial charge in [0.1, 0.15) is 18.5 Å². The molecule has 7 nitrogen and oxygen atoms in total. The van der Waals surface area contributed by atoms with Crippen LogP contribution in [0.1, 0.15) is 35.2 Å². The summed E-state index contributed by atoms with van der Waals surface area (Å²) in [7, 11) is 0. The first-order valence-electron chi connectivity index (χ1n) is 13.6. The van der Waals surface area contributed by atoms with E-state index in [1.54, 1.807) is 13.0 Å². The Hall–Kier alpha value is -4.11. The minimum atomic E-state index is -1.61. The lowest BCUT2D eigenvalue weighted by atomic mass is 9.80. The Kier molecular flexibility index (Phi) is 8.73. The molecule has 0 saturated carbocycles. The van der Waals surface area contributed by atoms with Gasteiger partial charge in [-0.05, 0) is 36.1 Å². The van der Waals surface area contributed by atoms with Crippen molar-refractivity contribution in [3.05, 3.63) is 152 Å². The summed E-state index contributed by atoms with van der Waals surface area (Å²) >= 11 is 0. The van der Waals surface area contributed by atoms with Gasteiger partial charge >= 0.3 is 5.69 Å². The molecule has 41 heavy (non-hydrogen) atoms. The van der Waals surface area contributed by atoms with E-state index < -0.39 is 35.2 Å². The van der Waals surface area contributed by atoms with Gasteiger partial charge < -0.3 is 14.2 Å². The van der Waals surface area contributed by atoms with Gasteiger partial charge in [-0.2, -0.15) is 0 Å². The van der Waals surface area contributed by atoms with Crippen LogP contribution < -0.4 is 11.2 Å². The minimum absolute atomic E-state index is 0.00345. The van der Waals surface area contributed by atoms with Crippen LogP contribution >= 0.6 is 0 Å². The molecule has 0 radical (unpaired) electrons. The van der Waals surface area contributed by atoms with Gasteiger partial charge in [-0.15, -0.1) is 0 Å². The van der Waals surface area contributed by atoms with E-state index in [0.717, 1.165) is 16.7 Å². The van der Waals surface area contributed by atoms with Gasteiger partial charge in [0.25, 0.3) is 5.56 Å². The van der Waals surface area contributed by atoms with E-state index in [2.05, 4.69) is 4.98 Å². The molecule has 1 heterocycles. The van der Waals surface area contributed by atoms with E-state index >= 15 is 4.39 Å². The molecular formula is C33H33FN2O5. The Balaban J connectivity index is 1.59. The molecule has 0 amide bonds. The van der Waals surface area contributed by atoms with Crippen LogP contribution in [0.4, 0.5) is 4.39 Å². The third-order valence-corrected chi connectivity index (χ3v) is 7.36. The number of halogens is 1. The number of rotatable bonds is 11. The van der Waals surface area contributed by atoms with Crippen LogP contribution in [0.25, 0.3) is 0 Å². The van der Waals surface area contributed by atoms with Crippen molar-refractivity contribution in [2.75, 3.05) is 20.0 Å². The number of ether oxygens (including phenoxy) is 3. The van der Waals surface area contributed by atoms with Crippen molar-refractivity contribution in [1.82, 2.24) is 9.55 Å². The molecule has 4 aromatic rings. The highest BCUT2D eigenvalue weighted by atomic mass is 19.1. The van der Waals surface area contributed by atoms with Gasteiger partial charge in [-0.1, -0.05) is 97.1 Å². The van der Waals surface area contributed by atoms with E-state index in [1.807, 2.05) is 97.9 Å². The SMILES string of the molecule is CCOCO[C@H]1C(COC(c2ccccc2)(c2ccccc2)c2ccccc2)=C[C@@H](n2cc(C)c(=O)[nH]c2=O)C1F. The number of hydrogen-bond acceptors (Lipinski definition) is 5. The average Bonchev–Trinajstić information content (AvgIpc) is 3.31. The van der Waals surface area contributed by atoms with Crippen molar-refractivity contribution in [2.45, 2.75) is 37.8 Å². The Morgan fingerprint density at radius 1 is 0.878 bits per heavy atom. The van der Waals surface area contributed by atoms with Gasteiger partial charge in [0.2, 0.25) is 0 Å². The summed E-state index contributed by atoms with van der Waals surface area (Å²) in [6.07, 6.45) is 0.398. The maximum atomic E-state index is 16.1. The van der Waals surface area contributed by atoms with Gasteiger partial charge in [-0.25, -0.2) is 9.18 Å². The molecule has 212 valence electrons. The molecule has 5 rings (SSSR count). The normalized spacial score (nSPS) is 18.8. The Bertz CT molecular complexity index is 1490.